The normalized spacial score (nSPS) is 27.4. The molecule has 1 fully saturated rings. The molecule has 6 heteroatoms. The third-order valence-electron chi connectivity index (χ3n) is 4.08. The first-order valence-corrected chi connectivity index (χ1v) is 8.35. The van der Waals surface area contributed by atoms with Crippen molar-refractivity contribution < 1.29 is 12.8 Å². The van der Waals surface area contributed by atoms with Crippen molar-refractivity contribution >= 4 is 10.0 Å². The number of hydrogen-bond donors (Lipinski definition) is 2. The fraction of sp³-hybridized carbons (Fsp3) is 0.571. The van der Waals surface area contributed by atoms with Gasteiger partial charge in [-0.05, 0) is 49.8 Å². The molecule has 1 aromatic carbocycles. The van der Waals surface area contributed by atoms with Crippen LogP contribution in [0.1, 0.15) is 32.6 Å². The van der Waals surface area contributed by atoms with Gasteiger partial charge in [0, 0.05) is 12.1 Å². The van der Waals surface area contributed by atoms with Crippen LogP contribution in [0.3, 0.4) is 0 Å². The molecular formula is C14H21FN2O2S. The largest absolute Gasteiger partial charge is 0.329 e. The van der Waals surface area contributed by atoms with E-state index in [0.29, 0.717) is 5.92 Å². The van der Waals surface area contributed by atoms with Crippen molar-refractivity contribution in [1.29, 1.82) is 0 Å². The van der Waals surface area contributed by atoms with Gasteiger partial charge in [0.1, 0.15) is 5.82 Å². The van der Waals surface area contributed by atoms with Gasteiger partial charge >= 0.3 is 0 Å². The van der Waals surface area contributed by atoms with Gasteiger partial charge in [-0.15, -0.1) is 0 Å². The summed E-state index contributed by atoms with van der Waals surface area (Å²) in [6.45, 7) is 2.41. The molecule has 4 nitrogen and oxygen atoms in total. The first kappa shape index (κ1) is 15.4. The lowest BCUT2D eigenvalue weighted by Crippen LogP contribution is -2.55. The minimum atomic E-state index is -3.74. The summed E-state index contributed by atoms with van der Waals surface area (Å²) >= 11 is 0. The Morgan fingerprint density at radius 1 is 1.40 bits per heavy atom. The van der Waals surface area contributed by atoms with Gasteiger partial charge in [-0.25, -0.2) is 17.5 Å². The molecule has 2 rings (SSSR count). The fourth-order valence-electron chi connectivity index (χ4n) is 2.64. The Bertz CT molecular complexity index is 566. The molecule has 112 valence electrons. The van der Waals surface area contributed by atoms with E-state index < -0.39 is 21.4 Å². The van der Waals surface area contributed by atoms with Gasteiger partial charge < -0.3 is 5.73 Å². The third kappa shape index (κ3) is 3.37. The van der Waals surface area contributed by atoms with Crippen LogP contribution in [0.5, 0.6) is 0 Å². The van der Waals surface area contributed by atoms with E-state index in [2.05, 4.69) is 11.6 Å². The fourth-order valence-corrected chi connectivity index (χ4v) is 4.14. The maximum Gasteiger partial charge on any atom is 0.241 e. The molecule has 0 aliphatic heterocycles. The summed E-state index contributed by atoms with van der Waals surface area (Å²) in [5, 5.41) is 0. The van der Waals surface area contributed by atoms with Gasteiger partial charge in [-0.1, -0.05) is 13.0 Å². The SMILES string of the molecule is CC1CCC(CN)(NS(=O)(=O)c2cccc(F)c2)CC1. The second-order valence-electron chi connectivity index (χ2n) is 5.73. The third-order valence-corrected chi connectivity index (χ3v) is 5.66. The van der Waals surface area contributed by atoms with Crippen molar-refractivity contribution in [2.45, 2.75) is 43.0 Å². The molecule has 0 unspecified atom stereocenters. The highest BCUT2D eigenvalue weighted by molar-refractivity contribution is 7.89. The van der Waals surface area contributed by atoms with E-state index >= 15 is 0 Å². The van der Waals surface area contributed by atoms with Crippen molar-refractivity contribution in [2.75, 3.05) is 6.54 Å². The van der Waals surface area contributed by atoms with Gasteiger partial charge in [-0.2, -0.15) is 0 Å². The van der Waals surface area contributed by atoms with Crippen molar-refractivity contribution in [3.8, 4) is 0 Å². The maximum atomic E-state index is 13.2. The van der Waals surface area contributed by atoms with Crippen LogP contribution in [-0.4, -0.2) is 20.5 Å². The van der Waals surface area contributed by atoms with Crippen LogP contribution in [0.25, 0.3) is 0 Å². The van der Waals surface area contributed by atoms with E-state index in [4.69, 9.17) is 5.73 Å². The molecule has 20 heavy (non-hydrogen) atoms. The second kappa shape index (κ2) is 5.79. The lowest BCUT2D eigenvalue weighted by atomic mass is 9.78. The summed E-state index contributed by atoms with van der Waals surface area (Å²) in [6, 6.07) is 5.03. The topological polar surface area (TPSA) is 72.2 Å². The Balaban J connectivity index is 2.22. The zero-order valence-corrected chi connectivity index (χ0v) is 12.4. The number of nitrogens with one attached hydrogen (secondary N) is 1. The van der Waals surface area contributed by atoms with Crippen molar-refractivity contribution in [1.82, 2.24) is 4.72 Å². The number of hydrogen-bond acceptors (Lipinski definition) is 3. The predicted octanol–water partition coefficient (Wildman–Crippen LogP) is 2.01. The van der Waals surface area contributed by atoms with Gasteiger partial charge in [0.2, 0.25) is 10.0 Å². The van der Waals surface area contributed by atoms with E-state index in [-0.39, 0.29) is 11.4 Å². The average molecular weight is 300 g/mol. The van der Waals surface area contributed by atoms with Crippen molar-refractivity contribution in [3.63, 3.8) is 0 Å². The highest BCUT2D eigenvalue weighted by atomic mass is 32.2. The zero-order chi connectivity index (χ0) is 14.8. The zero-order valence-electron chi connectivity index (χ0n) is 11.6. The number of rotatable bonds is 4. The Labute approximate surface area is 119 Å². The smallest absolute Gasteiger partial charge is 0.241 e. The van der Waals surface area contributed by atoms with Crippen LogP contribution in [0.2, 0.25) is 0 Å². The van der Waals surface area contributed by atoms with Crippen molar-refractivity contribution in [2.24, 2.45) is 11.7 Å². The quantitative estimate of drug-likeness (QED) is 0.893. The molecule has 1 saturated carbocycles. The molecule has 0 spiro atoms. The Morgan fingerprint density at radius 2 is 2.05 bits per heavy atom. The second-order valence-corrected chi connectivity index (χ2v) is 7.41. The molecule has 1 aliphatic rings. The minimum Gasteiger partial charge on any atom is -0.329 e. The monoisotopic (exact) mass is 300 g/mol. The Morgan fingerprint density at radius 3 is 2.60 bits per heavy atom. The van der Waals surface area contributed by atoms with Gasteiger partial charge in [0.25, 0.3) is 0 Å². The lowest BCUT2D eigenvalue weighted by Gasteiger charge is -2.38. The summed E-state index contributed by atoms with van der Waals surface area (Å²) in [6.07, 6.45) is 3.34. The van der Waals surface area contributed by atoms with Crippen LogP contribution < -0.4 is 10.5 Å². The summed E-state index contributed by atoms with van der Waals surface area (Å²) in [7, 11) is -3.74. The molecule has 3 N–H and O–H groups in total. The van der Waals surface area contributed by atoms with Crippen LogP contribution >= 0.6 is 0 Å². The first-order valence-electron chi connectivity index (χ1n) is 6.86. The summed E-state index contributed by atoms with van der Waals surface area (Å²) in [5.74, 6) is 0.0280. The van der Waals surface area contributed by atoms with Crippen molar-refractivity contribution in [3.05, 3.63) is 30.1 Å². The number of nitrogens with two attached hydrogens (primary N) is 1. The number of benzene rings is 1. The Hall–Kier alpha value is -0.980. The number of halogens is 1. The van der Waals surface area contributed by atoms with E-state index in [1.165, 1.54) is 18.2 Å². The van der Waals surface area contributed by atoms with Gasteiger partial charge in [0.05, 0.1) is 4.90 Å². The molecule has 0 saturated heterocycles. The standard InChI is InChI=1S/C14H21FN2O2S/c1-11-5-7-14(10-16,8-6-11)17-20(18,19)13-4-2-3-12(15)9-13/h2-4,9,11,17H,5-8,10,16H2,1H3. The molecule has 1 aromatic rings. The highest BCUT2D eigenvalue weighted by Crippen LogP contribution is 2.32. The van der Waals surface area contributed by atoms with Crippen LogP contribution in [0.15, 0.2) is 29.2 Å². The predicted molar refractivity (Wildman–Crippen MR) is 76.1 cm³/mol. The van der Waals surface area contributed by atoms with Gasteiger partial charge in [-0.3, -0.25) is 0 Å². The summed E-state index contributed by atoms with van der Waals surface area (Å²) < 4.78 is 40.6. The molecule has 0 bridgehead atoms. The van der Waals surface area contributed by atoms with E-state index in [0.717, 1.165) is 31.7 Å². The van der Waals surface area contributed by atoms with Gasteiger partial charge in [0.15, 0.2) is 0 Å². The molecular weight excluding hydrogens is 279 g/mol. The molecule has 0 aromatic heterocycles. The van der Waals surface area contributed by atoms with E-state index in [1.807, 2.05) is 0 Å². The van der Waals surface area contributed by atoms with Crippen LogP contribution in [-0.2, 0) is 10.0 Å². The lowest BCUT2D eigenvalue weighted by molar-refractivity contribution is 0.231. The number of sulfonamides is 1. The van der Waals surface area contributed by atoms with E-state index in [1.54, 1.807) is 0 Å². The molecule has 0 radical (unpaired) electrons. The summed E-state index contributed by atoms with van der Waals surface area (Å²) in [5.41, 5.74) is 5.20. The van der Waals surface area contributed by atoms with Crippen LogP contribution in [0, 0.1) is 11.7 Å². The molecule has 0 atom stereocenters. The van der Waals surface area contributed by atoms with E-state index in [9.17, 15) is 12.8 Å². The maximum absolute atomic E-state index is 13.2. The molecule has 0 heterocycles. The van der Waals surface area contributed by atoms with Crippen LogP contribution in [0.4, 0.5) is 4.39 Å². The highest BCUT2D eigenvalue weighted by Gasteiger charge is 2.37. The molecule has 1 aliphatic carbocycles. The molecule has 0 amide bonds. The minimum absolute atomic E-state index is 0.0519. The Kier molecular flexibility index (Phi) is 4.46. The summed E-state index contributed by atoms with van der Waals surface area (Å²) in [4.78, 5) is -0.0519. The first-order chi connectivity index (χ1) is 9.37. The average Bonchev–Trinajstić information content (AvgIpc) is 2.41.